The number of nitrogens with zero attached hydrogens (tertiary/aromatic N) is 1. The fourth-order valence-electron chi connectivity index (χ4n) is 0.980. The summed E-state index contributed by atoms with van der Waals surface area (Å²) in [5.41, 5.74) is 6.74. The van der Waals surface area contributed by atoms with Crippen molar-refractivity contribution in [2.24, 2.45) is 5.73 Å². The van der Waals surface area contributed by atoms with Crippen LogP contribution in [0.25, 0.3) is 0 Å². The Morgan fingerprint density at radius 2 is 2.27 bits per heavy atom. The molecule has 11 heavy (non-hydrogen) atoms. The van der Waals surface area contributed by atoms with Gasteiger partial charge in [-0.15, -0.1) is 0 Å². The largest absolute Gasteiger partial charge is 0.361 e. The molecular formula is C8H14N2O. The van der Waals surface area contributed by atoms with E-state index in [-0.39, 0.29) is 5.54 Å². The molecule has 1 heterocycles. The van der Waals surface area contributed by atoms with Crippen molar-refractivity contribution in [3.8, 4) is 0 Å². The first kappa shape index (κ1) is 8.27. The molecule has 0 amide bonds. The van der Waals surface area contributed by atoms with Gasteiger partial charge in [-0.3, -0.25) is 0 Å². The molecule has 2 N–H and O–H groups in total. The molecule has 0 aliphatic carbocycles. The van der Waals surface area contributed by atoms with Crippen LogP contribution in [0, 0.1) is 6.92 Å². The first-order chi connectivity index (χ1) is 4.99. The summed E-state index contributed by atoms with van der Waals surface area (Å²) >= 11 is 0. The fourth-order valence-corrected chi connectivity index (χ4v) is 0.980. The Balaban J connectivity index is 2.72. The van der Waals surface area contributed by atoms with Gasteiger partial charge >= 0.3 is 0 Å². The second-order valence-corrected chi connectivity index (χ2v) is 3.57. The number of hydrogen-bond acceptors (Lipinski definition) is 3. The van der Waals surface area contributed by atoms with E-state index in [2.05, 4.69) is 5.16 Å². The molecular weight excluding hydrogens is 140 g/mol. The number of rotatable bonds is 2. The Bertz CT molecular complexity index is 234. The van der Waals surface area contributed by atoms with Crippen molar-refractivity contribution in [1.82, 2.24) is 5.16 Å². The third-order valence-electron chi connectivity index (χ3n) is 1.50. The summed E-state index contributed by atoms with van der Waals surface area (Å²) in [7, 11) is 0. The standard InChI is InChI=1S/C8H14N2O/c1-6-7(5-10-11-6)4-8(2,3)9/h5H,4,9H2,1-3H3. The van der Waals surface area contributed by atoms with Crippen molar-refractivity contribution in [1.29, 1.82) is 0 Å². The van der Waals surface area contributed by atoms with Crippen LogP contribution in [0.15, 0.2) is 10.7 Å². The van der Waals surface area contributed by atoms with E-state index in [9.17, 15) is 0 Å². The van der Waals surface area contributed by atoms with Crippen LogP contribution in [0.2, 0.25) is 0 Å². The van der Waals surface area contributed by atoms with Gasteiger partial charge in [-0.1, -0.05) is 5.16 Å². The van der Waals surface area contributed by atoms with Crippen molar-refractivity contribution >= 4 is 0 Å². The summed E-state index contributed by atoms with van der Waals surface area (Å²) < 4.78 is 4.90. The average molecular weight is 154 g/mol. The lowest BCUT2D eigenvalue weighted by Crippen LogP contribution is -2.34. The van der Waals surface area contributed by atoms with Gasteiger partial charge in [-0.25, -0.2) is 0 Å². The van der Waals surface area contributed by atoms with Crippen molar-refractivity contribution < 1.29 is 4.52 Å². The number of aryl methyl sites for hydroxylation is 1. The molecule has 0 fully saturated rings. The van der Waals surface area contributed by atoms with Crippen LogP contribution in [-0.2, 0) is 6.42 Å². The Kier molecular flexibility index (Phi) is 2.00. The van der Waals surface area contributed by atoms with Gasteiger partial charge in [0.1, 0.15) is 5.76 Å². The lowest BCUT2D eigenvalue weighted by Gasteiger charge is -2.16. The highest BCUT2D eigenvalue weighted by Gasteiger charge is 2.14. The summed E-state index contributed by atoms with van der Waals surface area (Å²) in [6, 6.07) is 0. The molecule has 0 saturated carbocycles. The van der Waals surface area contributed by atoms with Gasteiger partial charge in [-0.05, 0) is 27.2 Å². The van der Waals surface area contributed by atoms with E-state index < -0.39 is 0 Å². The minimum absolute atomic E-state index is 0.184. The van der Waals surface area contributed by atoms with E-state index in [1.54, 1.807) is 6.20 Å². The third-order valence-corrected chi connectivity index (χ3v) is 1.50. The number of hydrogen-bond donors (Lipinski definition) is 1. The van der Waals surface area contributed by atoms with Crippen LogP contribution < -0.4 is 5.73 Å². The van der Waals surface area contributed by atoms with Gasteiger partial charge in [0, 0.05) is 11.1 Å². The highest BCUT2D eigenvalue weighted by atomic mass is 16.5. The molecule has 3 heteroatoms. The molecule has 0 saturated heterocycles. The molecule has 62 valence electrons. The molecule has 0 spiro atoms. The van der Waals surface area contributed by atoms with E-state index in [4.69, 9.17) is 10.3 Å². The van der Waals surface area contributed by atoms with Gasteiger partial charge in [0.2, 0.25) is 0 Å². The third kappa shape index (κ3) is 2.35. The number of nitrogens with two attached hydrogens (primary N) is 1. The maximum atomic E-state index is 5.83. The van der Waals surface area contributed by atoms with E-state index in [0.29, 0.717) is 0 Å². The summed E-state index contributed by atoms with van der Waals surface area (Å²) in [5.74, 6) is 0.864. The van der Waals surface area contributed by atoms with Gasteiger partial charge < -0.3 is 10.3 Å². The van der Waals surface area contributed by atoms with Crippen molar-refractivity contribution in [3.05, 3.63) is 17.5 Å². The summed E-state index contributed by atoms with van der Waals surface area (Å²) in [6.45, 7) is 5.87. The van der Waals surface area contributed by atoms with E-state index >= 15 is 0 Å². The molecule has 0 radical (unpaired) electrons. The topological polar surface area (TPSA) is 52.0 Å². The second-order valence-electron chi connectivity index (χ2n) is 3.57. The molecule has 0 aromatic carbocycles. The lowest BCUT2D eigenvalue weighted by atomic mass is 9.97. The average Bonchev–Trinajstić information content (AvgIpc) is 2.12. The maximum Gasteiger partial charge on any atom is 0.136 e. The van der Waals surface area contributed by atoms with Crippen LogP contribution in [0.3, 0.4) is 0 Å². The molecule has 0 atom stereocenters. The van der Waals surface area contributed by atoms with Crippen LogP contribution in [-0.4, -0.2) is 10.7 Å². The van der Waals surface area contributed by atoms with Crippen molar-refractivity contribution in [2.75, 3.05) is 0 Å². The molecule has 1 rings (SSSR count). The molecule has 3 nitrogen and oxygen atoms in total. The lowest BCUT2D eigenvalue weighted by molar-refractivity contribution is 0.394. The quantitative estimate of drug-likeness (QED) is 0.697. The van der Waals surface area contributed by atoms with Gasteiger partial charge in [0.15, 0.2) is 0 Å². The predicted octanol–water partition coefficient (Wildman–Crippen LogP) is 1.26. The smallest absolute Gasteiger partial charge is 0.136 e. The monoisotopic (exact) mass is 154 g/mol. The van der Waals surface area contributed by atoms with Gasteiger partial charge in [0.05, 0.1) is 6.20 Å². The van der Waals surface area contributed by atoms with Gasteiger partial charge in [0.25, 0.3) is 0 Å². The Morgan fingerprint density at radius 1 is 1.64 bits per heavy atom. The molecule has 1 aromatic rings. The summed E-state index contributed by atoms with van der Waals surface area (Å²) in [6.07, 6.45) is 2.53. The Morgan fingerprint density at radius 3 is 2.64 bits per heavy atom. The highest BCUT2D eigenvalue weighted by Crippen LogP contribution is 2.12. The molecule has 0 aliphatic heterocycles. The van der Waals surface area contributed by atoms with E-state index in [1.807, 2.05) is 20.8 Å². The maximum absolute atomic E-state index is 5.83. The zero-order valence-corrected chi connectivity index (χ0v) is 7.22. The Labute approximate surface area is 66.6 Å². The first-order valence-electron chi connectivity index (χ1n) is 3.68. The molecule has 0 unspecified atom stereocenters. The van der Waals surface area contributed by atoms with Crippen LogP contribution in [0.4, 0.5) is 0 Å². The Hall–Kier alpha value is -0.830. The first-order valence-corrected chi connectivity index (χ1v) is 3.68. The fraction of sp³-hybridized carbons (Fsp3) is 0.625. The van der Waals surface area contributed by atoms with E-state index in [0.717, 1.165) is 17.7 Å². The SMILES string of the molecule is Cc1oncc1CC(C)(C)N. The number of aromatic nitrogens is 1. The van der Waals surface area contributed by atoms with Crippen LogP contribution in [0.1, 0.15) is 25.2 Å². The van der Waals surface area contributed by atoms with Crippen LogP contribution in [0.5, 0.6) is 0 Å². The summed E-state index contributed by atoms with van der Waals surface area (Å²) in [4.78, 5) is 0. The highest BCUT2D eigenvalue weighted by molar-refractivity contribution is 5.14. The summed E-state index contributed by atoms with van der Waals surface area (Å²) in [5, 5.41) is 3.68. The molecule has 0 bridgehead atoms. The minimum Gasteiger partial charge on any atom is -0.361 e. The van der Waals surface area contributed by atoms with Crippen molar-refractivity contribution in [3.63, 3.8) is 0 Å². The van der Waals surface area contributed by atoms with Gasteiger partial charge in [-0.2, -0.15) is 0 Å². The zero-order chi connectivity index (χ0) is 8.48. The molecule has 0 aliphatic rings. The normalized spacial score (nSPS) is 12.0. The van der Waals surface area contributed by atoms with Crippen molar-refractivity contribution in [2.45, 2.75) is 32.7 Å². The minimum atomic E-state index is -0.184. The van der Waals surface area contributed by atoms with E-state index in [1.165, 1.54) is 0 Å². The molecule has 1 aromatic heterocycles. The second kappa shape index (κ2) is 2.66. The van der Waals surface area contributed by atoms with Crippen LogP contribution >= 0.6 is 0 Å². The zero-order valence-electron chi connectivity index (χ0n) is 7.22. The predicted molar refractivity (Wildman–Crippen MR) is 43.2 cm³/mol.